The predicted molar refractivity (Wildman–Crippen MR) is 47.2 cm³/mol. The molecule has 0 N–H and O–H groups in total. The Morgan fingerprint density at radius 2 is 1.67 bits per heavy atom. The van der Waals surface area contributed by atoms with Gasteiger partial charge < -0.3 is 0 Å². The summed E-state index contributed by atoms with van der Waals surface area (Å²) in [7, 11) is 0. The fourth-order valence-corrected chi connectivity index (χ4v) is 1.41. The van der Waals surface area contributed by atoms with Crippen molar-refractivity contribution in [1.29, 1.82) is 0 Å². The van der Waals surface area contributed by atoms with Crippen LogP contribution in [0, 0.1) is 5.41 Å². The standard InChI is InChI=1S/C8H18S/c1-4-8(3,5-2)6-7-9/h9H,4-7H2,1-3H3. The molecule has 0 saturated heterocycles. The summed E-state index contributed by atoms with van der Waals surface area (Å²) in [5, 5.41) is 0. The number of hydrogen-bond donors (Lipinski definition) is 1. The largest absolute Gasteiger partial charge is 0.179 e. The van der Waals surface area contributed by atoms with Gasteiger partial charge >= 0.3 is 0 Å². The summed E-state index contributed by atoms with van der Waals surface area (Å²) in [6.45, 7) is 6.85. The number of rotatable bonds is 4. The maximum Gasteiger partial charge on any atom is -0.00927 e. The smallest absolute Gasteiger partial charge is 0.00927 e. The molecule has 0 fully saturated rings. The third-order valence-corrected chi connectivity index (χ3v) is 2.65. The first-order valence-electron chi connectivity index (χ1n) is 3.79. The van der Waals surface area contributed by atoms with Gasteiger partial charge in [-0.15, -0.1) is 0 Å². The van der Waals surface area contributed by atoms with Crippen molar-refractivity contribution in [3.05, 3.63) is 0 Å². The van der Waals surface area contributed by atoms with Gasteiger partial charge in [0, 0.05) is 0 Å². The van der Waals surface area contributed by atoms with Gasteiger partial charge in [0.2, 0.25) is 0 Å². The van der Waals surface area contributed by atoms with Crippen LogP contribution >= 0.6 is 12.6 Å². The highest BCUT2D eigenvalue weighted by molar-refractivity contribution is 7.80. The van der Waals surface area contributed by atoms with Crippen LogP contribution < -0.4 is 0 Å². The first-order chi connectivity index (χ1) is 4.18. The average molecular weight is 146 g/mol. The van der Waals surface area contributed by atoms with Gasteiger partial charge in [-0.05, 0) is 17.6 Å². The Kier molecular flexibility index (Phi) is 4.37. The van der Waals surface area contributed by atoms with Gasteiger partial charge in [-0.1, -0.05) is 33.6 Å². The minimum absolute atomic E-state index is 0.557. The lowest BCUT2D eigenvalue weighted by atomic mass is 9.82. The van der Waals surface area contributed by atoms with Crippen LogP contribution in [0.1, 0.15) is 40.0 Å². The molecule has 0 rings (SSSR count). The number of hydrogen-bond acceptors (Lipinski definition) is 1. The van der Waals surface area contributed by atoms with E-state index in [1.54, 1.807) is 0 Å². The predicted octanol–water partition coefficient (Wildman–Crippen LogP) is 3.13. The highest BCUT2D eigenvalue weighted by Gasteiger charge is 2.17. The summed E-state index contributed by atoms with van der Waals surface area (Å²) < 4.78 is 0. The summed E-state index contributed by atoms with van der Waals surface area (Å²) in [6.07, 6.45) is 3.82. The molecule has 56 valence electrons. The lowest BCUT2D eigenvalue weighted by Crippen LogP contribution is -2.13. The third-order valence-electron chi connectivity index (χ3n) is 2.42. The van der Waals surface area contributed by atoms with Crippen LogP contribution in [0.5, 0.6) is 0 Å². The SMILES string of the molecule is CCC(C)(CC)CCS. The molecule has 0 atom stereocenters. The second-order valence-corrected chi connectivity index (χ2v) is 3.44. The van der Waals surface area contributed by atoms with Crippen LogP contribution in [-0.2, 0) is 0 Å². The van der Waals surface area contributed by atoms with Crippen molar-refractivity contribution >= 4 is 12.6 Å². The van der Waals surface area contributed by atoms with Crippen LogP contribution in [0.3, 0.4) is 0 Å². The Labute approximate surface area is 64.4 Å². The van der Waals surface area contributed by atoms with Crippen molar-refractivity contribution in [2.45, 2.75) is 40.0 Å². The van der Waals surface area contributed by atoms with Crippen molar-refractivity contribution in [2.24, 2.45) is 5.41 Å². The minimum atomic E-state index is 0.557. The summed E-state index contributed by atoms with van der Waals surface area (Å²) in [6, 6.07) is 0. The van der Waals surface area contributed by atoms with Crippen LogP contribution in [0.4, 0.5) is 0 Å². The molecule has 0 radical (unpaired) electrons. The molecule has 0 aromatic heterocycles. The molecule has 0 spiro atoms. The zero-order valence-corrected chi connectivity index (χ0v) is 7.67. The average Bonchev–Trinajstić information content (AvgIpc) is 1.89. The van der Waals surface area contributed by atoms with E-state index in [0.29, 0.717) is 5.41 Å². The van der Waals surface area contributed by atoms with Crippen molar-refractivity contribution in [1.82, 2.24) is 0 Å². The van der Waals surface area contributed by atoms with E-state index < -0.39 is 0 Å². The van der Waals surface area contributed by atoms with E-state index >= 15 is 0 Å². The van der Waals surface area contributed by atoms with E-state index in [9.17, 15) is 0 Å². The Bertz CT molecular complexity index is 65.0. The monoisotopic (exact) mass is 146 g/mol. The second-order valence-electron chi connectivity index (χ2n) is 2.99. The summed E-state index contributed by atoms with van der Waals surface area (Å²) >= 11 is 4.22. The minimum Gasteiger partial charge on any atom is -0.179 e. The molecule has 0 aliphatic heterocycles. The van der Waals surface area contributed by atoms with Gasteiger partial charge in [-0.3, -0.25) is 0 Å². The normalized spacial score (nSPS) is 12.0. The number of thiol groups is 1. The molecule has 0 unspecified atom stereocenters. The molecule has 0 nitrogen and oxygen atoms in total. The van der Waals surface area contributed by atoms with Crippen molar-refractivity contribution in [3.63, 3.8) is 0 Å². The van der Waals surface area contributed by atoms with Gasteiger partial charge in [0.15, 0.2) is 0 Å². The second kappa shape index (κ2) is 4.21. The van der Waals surface area contributed by atoms with Gasteiger partial charge in [0.25, 0.3) is 0 Å². The van der Waals surface area contributed by atoms with Crippen LogP contribution in [0.25, 0.3) is 0 Å². The van der Waals surface area contributed by atoms with Crippen LogP contribution in [0.2, 0.25) is 0 Å². The molecule has 0 amide bonds. The van der Waals surface area contributed by atoms with Gasteiger partial charge in [-0.25, -0.2) is 0 Å². The van der Waals surface area contributed by atoms with E-state index in [0.717, 1.165) is 5.75 Å². The molecule has 0 aliphatic carbocycles. The Hall–Kier alpha value is 0.350. The Morgan fingerprint density at radius 1 is 1.22 bits per heavy atom. The first kappa shape index (κ1) is 9.35. The molecule has 9 heavy (non-hydrogen) atoms. The quantitative estimate of drug-likeness (QED) is 0.579. The lowest BCUT2D eigenvalue weighted by Gasteiger charge is -2.25. The van der Waals surface area contributed by atoms with E-state index in [-0.39, 0.29) is 0 Å². The molecular weight excluding hydrogens is 128 g/mol. The molecule has 0 aromatic carbocycles. The molecule has 0 aromatic rings. The molecule has 0 aliphatic rings. The fourth-order valence-electron chi connectivity index (χ4n) is 0.873. The van der Waals surface area contributed by atoms with Crippen molar-refractivity contribution in [2.75, 3.05) is 5.75 Å². The Morgan fingerprint density at radius 3 is 1.78 bits per heavy atom. The first-order valence-corrected chi connectivity index (χ1v) is 4.42. The van der Waals surface area contributed by atoms with Crippen molar-refractivity contribution in [3.8, 4) is 0 Å². The molecule has 0 saturated carbocycles. The van der Waals surface area contributed by atoms with E-state index in [1.807, 2.05) is 0 Å². The topological polar surface area (TPSA) is 0 Å². The third kappa shape index (κ3) is 3.14. The zero-order valence-electron chi connectivity index (χ0n) is 6.78. The molecular formula is C8H18S. The van der Waals surface area contributed by atoms with Gasteiger partial charge in [-0.2, -0.15) is 12.6 Å². The van der Waals surface area contributed by atoms with E-state index in [1.165, 1.54) is 19.3 Å². The summed E-state index contributed by atoms with van der Waals surface area (Å²) in [5.74, 6) is 1.03. The molecule has 1 heteroatoms. The highest BCUT2D eigenvalue weighted by atomic mass is 32.1. The van der Waals surface area contributed by atoms with Crippen LogP contribution in [-0.4, -0.2) is 5.75 Å². The highest BCUT2D eigenvalue weighted by Crippen LogP contribution is 2.29. The maximum absolute atomic E-state index is 4.22. The van der Waals surface area contributed by atoms with Crippen LogP contribution in [0.15, 0.2) is 0 Å². The summed E-state index contributed by atoms with van der Waals surface area (Å²) in [5.41, 5.74) is 0.557. The van der Waals surface area contributed by atoms with Gasteiger partial charge in [0.05, 0.1) is 0 Å². The maximum atomic E-state index is 4.22. The van der Waals surface area contributed by atoms with Crippen molar-refractivity contribution < 1.29 is 0 Å². The Balaban J connectivity index is 3.62. The van der Waals surface area contributed by atoms with Gasteiger partial charge in [0.1, 0.15) is 0 Å². The van der Waals surface area contributed by atoms with E-state index in [2.05, 4.69) is 33.4 Å². The lowest BCUT2D eigenvalue weighted by molar-refractivity contribution is 0.289. The van der Waals surface area contributed by atoms with E-state index in [4.69, 9.17) is 0 Å². The molecule has 0 bridgehead atoms. The summed E-state index contributed by atoms with van der Waals surface area (Å²) in [4.78, 5) is 0. The fraction of sp³-hybridized carbons (Fsp3) is 1.00. The molecule has 0 heterocycles. The zero-order chi connectivity index (χ0) is 7.33.